The molecule has 0 unspecified atom stereocenters. The molecule has 0 amide bonds. The van der Waals surface area contributed by atoms with Crippen LogP contribution in [0, 0.1) is 5.82 Å². The third-order valence-electron chi connectivity index (χ3n) is 2.56. The number of hydrogen-bond acceptors (Lipinski definition) is 2. The summed E-state index contributed by atoms with van der Waals surface area (Å²) in [7, 11) is 0. The Labute approximate surface area is 123 Å². The zero-order valence-corrected chi connectivity index (χ0v) is 11.2. The van der Waals surface area contributed by atoms with E-state index in [4.69, 9.17) is 11.6 Å². The summed E-state index contributed by atoms with van der Waals surface area (Å²) in [6, 6.07) is 8.35. The fourth-order valence-electron chi connectivity index (χ4n) is 1.51. The molecule has 7 heteroatoms. The van der Waals surface area contributed by atoms with Gasteiger partial charge in [-0.15, -0.1) is 0 Å². The summed E-state index contributed by atoms with van der Waals surface area (Å²) in [5.41, 5.74) is 2.23. The summed E-state index contributed by atoms with van der Waals surface area (Å²) in [5.74, 6) is -0.388. The molecular weight excluding hydrogens is 308 g/mol. The highest BCUT2D eigenvalue weighted by Gasteiger charge is 2.30. The van der Waals surface area contributed by atoms with E-state index in [0.29, 0.717) is 5.56 Å². The van der Waals surface area contributed by atoms with Crippen molar-refractivity contribution in [1.29, 1.82) is 0 Å². The van der Waals surface area contributed by atoms with Crippen molar-refractivity contribution in [1.82, 2.24) is 0 Å². The normalized spacial score (nSPS) is 11.9. The fraction of sp³-hybridized carbons (Fsp3) is 0.0714. The monoisotopic (exact) mass is 316 g/mol. The van der Waals surface area contributed by atoms with Crippen LogP contribution in [-0.2, 0) is 6.18 Å². The van der Waals surface area contributed by atoms with Crippen molar-refractivity contribution in [2.45, 2.75) is 6.18 Å². The minimum atomic E-state index is -4.46. The van der Waals surface area contributed by atoms with Crippen molar-refractivity contribution < 1.29 is 17.6 Å². The van der Waals surface area contributed by atoms with Crippen LogP contribution in [0.5, 0.6) is 0 Å². The van der Waals surface area contributed by atoms with Gasteiger partial charge in [-0.25, -0.2) is 4.39 Å². The van der Waals surface area contributed by atoms with Crippen molar-refractivity contribution >= 4 is 23.5 Å². The van der Waals surface area contributed by atoms with E-state index in [1.165, 1.54) is 30.5 Å². The molecule has 0 radical (unpaired) electrons. The molecule has 0 aliphatic carbocycles. The van der Waals surface area contributed by atoms with Crippen LogP contribution in [0.25, 0.3) is 0 Å². The maximum Gasteiger partial charge on any atom is 0.416 e. The molecule has 2 nitrogen and oxygen atoms in total. The topological polar surface area (TPSA) is 24.4 Å². The summed E-state index contributed by atoms with van der Waals surface area (Å²) < 4.78 is 50.4. The third kappa shape index (κ3) is 4.19. The number of halogens is 5. The Kier molecular flexibility index (Phi) is 4.47. The molecule has 0 aliphatic rings. The first-order valence-electron chi connectivity index (χ1n) is 5.77. The molecule has 0 spiro atoms. The van der Waals surface area contributed by atoms with Gasteiger partial charge in [-0.3, -0.25) is 5.43 Å². The first-order chi connectivity index (χ1) is 9.86. The van der Waals surface area contributed by atoms with Gasteiger partial charge in [0.05, 0.1) is 22.5 Å². The van der Waals surface area contributed by atoms with Gasteiger partial charge >= 0.3 is 6.18 Å². The molecule has 0 aliphatic heterocycles. The van der Waals surface area contributed by atoms with Gasteiger partial charge in [0.1, 0.15) is 5.82 Å². The van der Waals surface area contributed by atoms with E-state index in [9.17, 15) is 17.6 Å². The molecule has 2 aromatic rings. The average molecular weight is 317 g/mol. The number of alkyl halides is 3. The van der Waals surface area contributed by atoms with E-state index in [0.717, 1.165) is 18.2 Å². The zero-order chi connectivity index (χ0) is 15.5. The maximum absolute atomic E-state index is 12.7. The highest BCUT2D eigenvalue weighted by molar-refractivity contribution is 6.33. The lowest BCUT2D eigenvalue weighted by atomic mass is 10.2. The number of nitrogens with zero attached hydrogens (tertiary/aromatic N) is 1. The second-order valence-electron chi connectivity index (χ2n) is 4.11. The average Bonchev–Trinajstić information content (AvgIpc) is 2.42. The van der Waals surface area contributed by atoms with Gasteiger partial charge in [-0.05, 0) is 35.9 Å². The highest BCUT2D eigenvalue weighted by Crippen LogP contribution is 2.33. The maximum atomic E-state index is 12.7. The van der Waals surface area contributed by atoms with Gasteiger partial charge in [0.2, 0.25) is 0 Å². The van der Waals surface area contributed by atoms with Crippen LogP contribution >= 0.6 is 11.6 Å². The molecule has 0 bridgehead atoms. The van der Waals surface area contributed by atoms with Crippen LogP contribution < -0.4 is 5.43 Å². The molecule has 1 N–H and O–H groups in total. The Balaban J connectivity index is 2.14. The first kappa shape index (κ1) is 15.3. The number of hydrazone groups is 1. The number of nitrogens with one attached hydrogen (secondary N) is 1. The predicted octanol–water partition coefficient (Wildman–Crippen LogP) is 4.94. The molecule has 2 rings (SSSR count). The number of hydrogen-bond donors (Lipinski definition) is 1. The molecule has 0 saturated heterocycles. The van der Waals surface area contributed by atoms with Crippen LogP contribution in [-0.4, -0.2) is 6.21 Å². The second-order valence-corrected chi connectivity index (χ2v) is 4.52. The molecule has 110 valence electrons. The van der Waals surface area contributed by atoms with Crippen molar-refractivity contribution in [3.63, 3.8) is 0 Å². The molecule has 0 aromatic heterocycles. The second kappa shape index (κ2) is 6.13. The number of anilines is 1. The Morgan fingerprint density at radius 1 is 1.05 bits per heavy atom. The summed E-state index contributed by atoms with van der Waals surface area (Å²) >= 11 is 5.80. The number of rotatable bonds is 3. The van der Waals surface area contributed by atoms with Crippen LogP contribution in [0.4, 0.5) is 23.2 Å². The van der Waals surface area contributed by atoms with Crippen LogP contribution in [0.3, 0.4) is 0 Å². The Morgan fingerprint density at radius 2 is 1.71 bits per heavy atom. The van der Waals surface area contributed by atoms with E-state index in [1.807, 2.05) is 0 Å². The van der Waals surface area contributed by atoms with Crippen LogP contribution in [0.1, 0.15) is 11.1 Å². The van der Waals surface area contributed by atoms with Gasteiger partial charge in [0.15, 0.2) is 0 Å². The molecule has 0 fully saturated rings. The Bertz CT molecular complexity index is 651. The minimum absolute atomic E-state index is 0.0323. The van der Waals surface area contributed by atoms with E-state index >= 15 is 0 Å². The standard InChI is InChI=1S/C14H9ClF4N2/c15-12-6-3-10(14(17,18)19)7-13(12)21-20-8-9-1-4-11(16)5-2-9/h1-8,21H/b20-8-. The van der Waals surface area contributed by atoms with Gasteiger partial charge in [-0.2, -0.15) is 18.3 Å². The van der Waals surface area contributed by atoms with Gasteiger partial charge in [-0.1, -0.05) is 23.7 Å². The lowest BCUT2D eigenvalue weighted by molar-refractivity contribution is -0.137. The lowest BCUT2D eigenvalue weighted by Crippen LogP contribution is -2.05. The third-order valence-corrected chi connectivity index (χ3v) is 2.89. The van der Waals surface area contributed by atoms with Crippen LogP contribution in [0.15, 0.2) is 47.6 Å². The largest absolute Gasteiger partial charge is 0.416 e. The lowest BCUT2D eigenvalue weighted by Gasteiger charge is -2.09. The summed E-state index contributed by atoms with van der Waals surface area (Å²) in [6.45, 7) is 0. The smallest absolute Gasteiger partial charge is 0.277 e. The Hall–Kier alpha value is -2.08. The van der Waals surface area contributed by atoms with Crippen LogP contribution in [0.2, 0.25) is 5.02 Å². The van der Waals surface area contributed by atoms with E-state index in [2.05, 4.69) is 10.5 Å². The molecular formula is C14H9ClF4N2. The van der Waals surface area contributed by atoms with E-state index < -0.39 is 11.7 Å². The van der Waals surface area contributed by atoms with Gasteiger partial charge in [0.25, 0.3) is 0 Å². The summed E-state index contributed by atoms with van der Waals surface area (Å²) in [6.07, 6.45) is -3.11. The van der Waals surface area contributed by atoms with Crippen molar-refractivity contribution in [3.05, 3.63) is 64.4 Å². The fourth-order valence-corrected chi connectivity index (χ4v) is 1.67. The quantitative estimate of drug-likeness (QED) is 0.484. The minimum Gasteiger partial charge on any atom is -0.277 e. The molecule has 0 atom stereocenters. The molecule has 0 heterocycles. The van der Waals surface area contributed by atoms with E-state index in [1.54, 1.807) is 0 Å². The summed E-state index contributed by atoms with van der Waals surface area (Å²) in [4.78, 5) is 0. The summed E-state index contributed by atoms with van der Waals surface area (Å²) in [5, 5.41) is 3.89. The van der Waals surface area contributed by atoms with E-state index in [-0.39, 0.29) is 16.5 Å². The highest BCUT2D eigenvalue weighted by atomic mass is 35.5. The van der Waals surface area contributed by atoms with Crippen molar-refractivity contribution in [2.24, 2.45) is 5.10 Å². The zero-order valence-electron chi connectivity index (χ0n) is 10.5. The van der Waals surface area contributed by atoms with Crippen molar-refractivity contribution in [2.75, 3.05) is 5.43 Å². The predicted molar refractivity (Wildman–Crippen MR) is 74.1 cm³/mol. The number of benzene rings is 2. The molecule has 0 saturated carbocycles. The first-order valence-corrected chi connectivity index (χ1v) is 6.15. The molecule has 21 heavy (non-hydrogen) atoms. The van der Waals surface area contributed by atoms with Crippen molar-refractivity contribution in [3.8, 4) is 0 Å². The van der Waals surface area contributed by atoms with Gasteiger partial charge < -0.3 is 0 Å². The molecule has 2 aromatic carbocycles. The Morgan fingerprint density at radius 3 is 2.33 bits per heavy atom. The SMILES string of the molecule is Fc1ccc(/C=N\Nc2cc(C(F)(F)F)ccc2Cl)cc1. The van der Waals surface area contributed by atoms with Gasteiger partial charge in [0, 0.05) is 0 Å².